The number of phenols is 2. The van der Waals surface area contributed by atoms with Crippen molar-refractivity contribution in [2.24, 2.45) is 0 Å². The van der Waals surface area contributed by atoms with E-state index in [9.17, 15) is 20.1 Å². The minimum atomic E-state index is -1.60. The molecule has 0 spiro atoms. The van der Waals surface area contributed by atoms with Crippen LogP contribution in [0.3, 0.4) is 0 Å². The fourth-order valence-corrected chi connectivity index (χ4v) is 3.44. The molecule has 0 bridgehead atoms. The summed E-state index contributed by atoms with van der Waals surface area (Å²) >= 11 is 0. The molecule has 146 valence electrons. The standard InChI is InChI=1S/C21H20O7/c1-21(2)7-6-12-15(28-21)9-14(23)16-17(24)18(25)20(27-19(12)16)11-5-4-10(26-3)8-13(11)22/h4-9,18,20,22-23,25H,1-3H3/t18-,20+/m0/s1. The van der Waals surface area contributed by atoms with E-state index >= 15 is 0 Å². The lowest BCUT2D eigenvalue weighted by atomic mass is 9.89. The molecule has 0 radical (unpaired) electrons. The number of benzene rings is 2. The van der Waals surface area contributed by atoms with Gasteiger partial charge in [0.1, 0.15) is 39.9 Å². The number of aliphatic hydroxyl groups is 1. The molecule has 4 rings (SSSR count). The molecule has 0 fully saturated rings. The van der Waals surface area contributed by atoms with Crippen LogP contribution in [0.25, 0.3) is 6.08 Å². The van der Waals surface area contributed by atoms with Crippen molar-refractivity contribution in [3.8, 4) is 28.7 Å². The molecular weight excluding hydrogens is 364 g/mol. The summed E-state index contributed by atoms with van der Waals surface area (Å²) < 4.78 is 16.9. The van der Waals surface area contributed by atoms with Crippen LogP contribution in [-0.4, -0.2) is 39.9 Å². The molecule has 2 aromatic rings. The second kappa shape index (κ2) is 6.17. The first-order valence-corrected chi connectivity index (χ1v) is 8.76. The predicted octanol–water partition coefficient (Wildman–Crippen LogP) is 2.97. The van der Waals surface area contributed by atoms with Gasteiger partial charge >= 0.3 is 0 Å². The van der Waals surface area contributed by atoms with Crippen molar-refractivity contribution in [3.05, 3.63) is 47.0 Å². The topological polar surface area (TPSA) is 105 Å². The quantitative estimate of drug-likeness (QED) is 0.731. The molecule has 0 amide bonds. The Bertz CT molecular complexity index is 1010. The number of phenolic OH excluding ortho intramolecular Hbond substituents is 2. The van der Waals surface area contributed by atoms with E-state index in [1.54, 1.807) is 12.1 Å². The third-order valence-corrected chi connectivity index (χ3v) is 4.88. The monoisotopic (exact) mass is 384 g/mol. The van der Waals surface area contributed by atoms with Crippen molar-refractivity contribution in [2.45, 2.75) is 31.7 Å². The van der Waals surface area contributed by atoms with Crippen LogP contribution in [0, 0.1) is 0 Å². The Kier molecular flexibility index (Phi) is 4.01. The maximum atomic E-state index is 12.8. The number of ketones is 1. The first-order chi connectivity index (χ1) is 13.2. The largest absolute Gasteiger partial charge is 0.507 e. The van der Waals surface area contributed by atoms with E-state index in [2.05, 4.69) is 0 Å². The second-order valence-electron chi connectivity index (χ2n) is 7.32. The summed E-state index contributed by atoms with van der Waals surface area (Å²) in [5.74, 6) is -0.308. The van der Waals surface area contributed by atoms with Gasteiger partial charge in [-0.25, -0.2) is 0 Å². The van der Waals surface area contributed by atoms with E-state index in [4.69, 9.17) is 14.2 Å². The minimum absolute atomic E-state index is 0.108. The molecule has 2 atom stereocenters. The molecule has 2 aliphatic rings. The minimum Gasteiger partial charge on any atom is -0.507 e. The molecule has 0 aliphatic carbocycles. The number of hydrogen-bond acceptors (Lipinski definition) is 7. The van der Waals surface area contributed by atoms with Gasteiger partial charge in [-0.15, -0.1) is 0 Å². The summed E-state index contributed by atoms with van der Waals surface area (Å²) in [4.78, 5) is 12.8. The summed E-state index contributed by atoms with van der Waals surface area (Å²) in [6.07, 6.45) is 0.819. The zero-order chi connectivity index (χ0) is 20.2. The molecule has 0 unspecified atom stereocenters. The van der Waals surface area contributed by atoms with Gasteiger partial charge in [0, 0.05) is 17.7 Å². The fraction of sp³-hybridized carbons (Fsp3) is 0.286. The highest BCUT2D eigenvalue weighted by Crippen LogP contribution is 2.49. The molecule has 28 heavy (non-hydrogen) atoms. The van der Waals surface area contributed by atoms with Crippen molar-refractivity contribution in [3.63, 3.8) is 0 Å². The lowest BCUT2D eigenvalue weighted by Gasteiger charge is -2.34. The normalized spacial score (nSPS) is 21.9. The average Bonchev–Trinajstić information content (AvgIpc) is 2.63. The van der Waals surface area contributed by atoms with Gasteiger partial charge in [0.2, 0.25) is 5.78 Å². The van der Waals surface area contributed by atoms with E-state index < -0.39 is 23.6 Å². The lowest BCUT2D eigenvalue weighted by molar-refractivity contribution is 0.0199. The number of carbonyl (C=O) groups excluding carboxylic acids is 1. The summed E-state index contributed by atoms with van der Waals surface area (Å²) in [5.41, 5.74) is 0.0266. The lowest BCUT2D eigenvalue weighted by Crippen LogP contribution is -2.37. The fourth-order valence-electron chi connectivity index (χ4n) is 3.44. The summed E-state index contributed by atoms with van der Waals surface area (Å²) in [6, 6.07) is 5.83. The molecule has 2 aliphatic heterocycles. The Morgan fingerprint density at radius 2 is 1.89 bits per heavy atom. The highest BCUT2D eigenvalue weighted by molar-refractivity contribution is 6.07. The second-order valence-corrected chi connectivity index (χ2v) is 7.32. The number of carbonyl (C=O) groups is 1. The Morgan fingerprint density at radius 3 is 2.57 bits per heavy atom. The van der Waals surface area contributed by atoms with E-state index in [-0.39, 0.29) is 28.4 Å². The number of rotatable bonds is 2. The number of fused-ring (bicyclic) bond motifs is 3. The van der Waals surface area contributed by atoms with Crippen molar-refractivity contribution >= 4 is 11.9 Å². The third kappa shape index (κ3) is 2.75. The van der Waals surface area contributed by atoms with E-state index in [1.165, 1.54) is 25.3 Å². The van der Waals surface area contributed by atoms with E-state index in [0.29, 0.717) is 17.1 Å². The van der Waals surface area contributed by atoms with Crippen LogP contribution in [0.4, 0.5) is 0 Å². The molecule has 0 aromatic heterocycles. The van der Waals surface area contributed by atoms with Gasteiger partial charge in [-0.05, 0) is 38.1 Å². The highest BCUT2D eigenvalue weighted by atomic mass is 16.5. The molecule has 2 heterocycles. The maximum Gasteiger partial charge on any atom is 0.202 e. The van der Waals surface area contributed by atoms with Gasteiger partial charge in [-0.1, -0.05) is 0 Å². The first-order valence-electron chi connectivity index (χ1n) is 8.76. The summed E-state index contributed by atoms with van der Waals surface area (Å²) in [7, 11) is 1.46. The van der Waals surface area contributed by atoms with Crippen molar-refractivity contribution in [2.75, 3.05) is 7.11 Å². The number of methoxy groups -OCH3 is 1. The van der Waals surface area contributed by atoms with Crippen LogP contribution in [0.5, 0.6) is 28.7 Å². The number of aliphatic hydroxyl groups excluding tert-OH is 1. The Hall–Kier alpha value is -3.19. The molecule has 3 N–H and O–H groups in total. The number of ether oxygens (including phenoxy) is 3. The molecule has 0 saturated heterocycles. The highest BCUT2D eigenvalue weighted by Gasteiger charge is 2.42. The maximum absolute atomic E-state index is 12.8. The first kappa shape index (κ1) is 18.2. The zero-order valence-corrected chi connectivity index (χ0v) is 15.6. The third-order valence-electron chi connectivity index (χ3n) is 4.88. The number of aromatic hydroxyl groups is 2. The van der Waals surface area contributed by atoms with Crippen LogP contribution >= 0.6 is 0 Å². The van der Waals surface area contributed by atoms with E-state index in [0.717, 1.165) is 0 Å². The Morgan fingerprint density at radius 1 is 1.14 bits per heavy atom. The van der Waals surface area contributed by atoms with E-state index in [1.807, 2.05) is 19.9 Å². The smallest absolute Gasteiger partial charge is 0.202 e. The van der Waals surface area contributed by atoms with Crippen LogP contribution in [-0.2, 0) is 0 Å². The zero-order valence-electron chi connectivity index (χ0n) is 15.6. The van der Waals surface area contributed by atoms with Crippen LogP contribution in [0.15, 0.2) is 30.3 Å². The molecule has 2 aromatic carbocycles. The Labute approximate surface area is 161 Å². The molecule has 7 nitrogen and oxygen atoms in total. The van der Waals surface area contributed by atoms with Gasteiger partial charge < -0.3 is 29.5 Å². The summed E-state index contributed by atoms with van der Waals surface area (Å²) in [5, 5.41) is 31.2. The van der Waals surface area contributed by atoms with Gasteiger partial charge in [0.25, 0.3) is 0 Å². The van der Waals surface area contributed by atoms with Crippen LogP contribution in [0.1, 0.15) is 41.4 Å². The van der Waals surface area contributed by atoms with Crippen LogP contribution < -0.4 is 14.2 Å². The molecule has 7 heteroatoms. The SMILES string of the molecule is COc1ccc([C@H]2Oc3c4c(cc(O)c3C(=O)[C@@H]2O)OC(C)(C)C=C4)c(O)c1. The van der Waals surface area contributed by atoms with Crippen molar-refractivity contribution in [1.29, 1.82) is 0 Å². The average molecular weight is 384 g/mol. The van der Waals surface area contributed by atoms with Gasteiger partial charge in [-0.3, -0.25) is 4.79 Å². The van der Waals surface area contributed by atoms with Gasteiger partial charge in [-0.2, -0.15) is 0 Å². The molecule has 0 saturated carbocycles. The molecular formula is C21H20O7. The van der Waals surface area contributed by atoms with Crippen molar-refractivity contribution < 1.29 is 34.3 Å². The number of hydrogen-bond donors (Lipinski definition) is 3. The Balaban J connectivity index is 1.85. The summed E-state index contributed by atoms with van der Waals surface area (Å²) in [6.45, 7) is 3.72. The van der Waals surface area contributed by atoms with Crippen molar-refractivity contribution in [1.82, 2.24) is 0 Å². The van der Waals surface area contributed by atoms with Crippen LogP contribution in [0.2, 0.25) is 0 Å². The van der Waals surface area contributed by atoms with Gasteiger partial charge in [0.15, 0.2) is 12.2 Å². The van der Waals surface area contributed by atoms with Gasteiger partial charge in [0.05, 0.1) is 12.7 Å². The predicted molar refractivity (Wildman–Crippen MR) is 100 cm³/mol. The number of Topliss-reactive ketones (excluding diaryl/α,β-unsaturated/α-hetero) is 1.